The zero-order chi connectivity index (χ0) is 21.6. The smallest absolute Gasteiger partial charge is 0.258 e. The van der Waals surface area contributed by atoms with Gasteiger partial charge in [0.25, 0.3) is 5.91 Å². The van der Waals surface area contributed by atoms with E-state index in [0.717, 1.165) is 28.4 Å². The molecule has 1 aromatic heterocycles. The van der Waals surface area contributed by atoms with Crippen molar-refractivity contribution < 1.29 is 14.3 Å². The number of methoxy groups -OCH3 is 1. The average Bonchev–Trinajstić information content (AvgIpc) is 3.18. The molecule has 1 N–H and O–H groups in total. The molecule has 0 spiro atoms. The number of thiazole rings is 1. The van der Waals surface area contributed by atoms with E-state index in [0.29, 0.717) is 12.3 Å². The molecule has 0 aliphatic carbocycles. The lowest BCUT2D eigenvalue weighted by molar-refractivity contribution is -0.123. The van der Waals surface area contributed by atoms with Crippen molar-refractivity contribution in [1.29, 1.82) is 0 Å². The second-order valence-corrected chi connectivity index (χ2v) is 9.02. The highest BCUT2D eigenvalue weighted by molar-refractivity contribution is 7.09. The van der Waals surface area contributed by atoms with Gasteiger partial charge < -0.3 is 14.8 Å². The normalized spacial score (nSPS) is 11.2. The largest absolute Gasteiger partial charge is 0.497 e. The van der Waals surface area contributed by atoms with Crippen molar-refractivity contribution in [2.75, 3.05) is 13.7 Å². The SMILES string of the molecule is COc1ccc(OCC(=O)NCc2csc(Cc3ccccc3)n2)c(C(C)(C)C)c1. The van der Waals surface area contributed by atoms with Gasteiger partial charge in [0, 0.05) is 17.4 Å². The molecular weight excluding hydrogens is 396 g/mol. The highest BCUT2D eigenvalue weighted by Crippen LogP contribution is 2.34. The fraction of sp³-hybridized carbons (Fsp3) is 0.333. The summed E-state index contributed by atoms with van der Waals surface area (Å²) < 4.78 is 11.1. The first-order chi connectivity index (χ1) is 14.3. The Morgan fingerprint density at radius 2 is 1.90 bits per heavy atom. The first-order valence-electron chi connectivity index (χ1n) is 9.90. The fourth-order valence-electron chi connectivity index (χ4n) is 3.01. The minimum absolute atomic E-state index is 0.0452. The Balaban J connectivity index is 1.52. The molecule has 3 aromatic rings. The van der Waals surface area contributed by atoms with E-state index in [-0.39, 0.29) is 17.9 Å². The molecule has 0 radical (unpaired) electrons. The van der Waals surface area contributed by atoms with Crippen LogP contribution in [0.3, 0.4) is 0 Å². The van der Waals surface area contributed by atoms with E-state index >= 15 is 0 Å². The lowest BCUT2D eigenvalue weighted by Gasteiger charge is -2.23. The number of nitrogens with one attached hydrogen (secondary N) is 1. The summed E-state index contributed by atoms with van der Waals surface area (Å²) in [5.74, 6) is 1.28. The van der Waals surface area contributed by atoms with E-state index < -0.39 is 0 Å². The van der Waals surface area contributed by atoms with Crippen LogP contribution >= 0.6 is 11.3 Å². The molecule has 0 saturated carbocycles. The molecule has 3 rings (SSSR count). The number of carbonyl (C=O) groups excluding carboxylic acids is 1. The van der Waals surface area contributed by atoms with E-state index in [1.807, 2.05) is 41.8 Å². The number of hydrogen-bond donors (Lipinski definition) is 1. The van der Waals surface area contributed by atoms with Gasteiger partial charge in [-0.05, 0) is 29.2 Å². The molecule has 0 saturated heterocycles. The van der Waals surface area contributed by atoms with Crippen LogP contribution in [-0.2, 0) is 23.2 Å². The van der Waals surface area contributed by atoms with Crippen molar-refractivity contribution in [2.24, 2.45) is 0 Å². The van der Waals surface area contributed by atoms with Crippen molar-refractivity contribution in [3.8, 4) is 11.5 Å². The molecule has 5 nitrogen and oxygen atoms in total. The highest BCUT2D eigenvalue weighted by atomic mass is 32.1. The number of hydrogen-bond acceptors (Lipinski definition) is 5. The maximum absolute atomic E-state index is 12.3. The molecule has 158 valence electrons. The Hall–Kier alpha value is -2.86. The van der Waals surface area contributed by atoms with E-state index in [1.54, 1.807) is 18.4 Å². The van der Waals surface area contributed by atoms with Crippen molar-refractivity contribution >= 4 is 17.2 Å². The third kappa shape index (κ3) is 6.07. The quantitative estimate of drug-likeness (QED) is 0.568. The van der Waals surface area contributed by atoms with E-state index in [1.165, 1.54) is 5.56 Å². The van der Waals surface area contributed by atoms with Gasteiger partial charge in [-0.25, -0.2) is 4.98 Å². The van der Waals surface area contributed by atoms with Gasteiger partial charge in [-0.1, -0.05) is 51.1 Å². The van der Waals surface area contributed by atoms with Gasteiger partial charge in [-0.15, -0.1) is 11.3 Å². The number of carbonyl (C=O) groups is 1. The topological polar surface area (TPSA) is 60.5 Å². The molecule has 0 unspecified atom stereocenters. The molecule has 0 aliphatic heterocycles. The lowest BCUT2D eigenvalue weighted by atomic mass is 9.86. The van der Waals surface area contributed by atoms with Crippen molar-refractivity contribution in [3.05, 3.63) is 75.7 Å². The van der Waals surface area contributed by atoms with Crippen molar-refractivity contribution in [2.45, 2.75) is 39.2 Å². The molecule has 0 atom stereocenters. The van der Waals surface area contributed by atoms with E-state index in [4.69, 9.17) is 9.47 Å². The second-order valence-electron chi connectivity index (χ2n) is 8.07. The maximum atomic E-state index is 12.3. The second kappa shape index (κ2) is 9.76. The third-order valence-electron chi connectivity index (χ3n) is 4.62. The molecule has 6 heteroatoms. The van der Waals surface area contributed by atoms with E-state index in [9.17, 15) is 4.79 Å². The summed E-state index contributed by atoms with van der Waals surface area (Å²) in [5, 5.41) is 5.91. The summed E-state index contributed by atoms with van der Waals surface area (Å²) in [7, 11) is 1.64. The average molecular weight is 425 g/mol. The summed E-state index contributed by atoms with van der Waals surface area (Å²) in [6.07, 6.45) is 0.801. The van der Waals surface area contributed by atoms with Gasteiger partial charge in [0.15, 0.2) is 6.61 Å². The number of aromatic nitrogens is 1. The fourth-order valence-corrected chi connectivity index (χ4v) is 3.84. The minimum Gasteiger partial charge on any atom is -0.497 e. The number of amides is 1. The van der Waals surface area contributed by atoms with Gasteiger partial charge in [-0.2, -0.15) is 0 Å². The Morgan fingerprint density at radius 3 is 2.60 bits per heavy atom. The van der Waals surface area contributed by atoms with Gasteiger partial charge in [0.1, 0.15) is 11.5 Å². The summed E-state index contributed by atoms with van der Waals surface area (Å²) in [6, 6.07) is 15.9. The minimum atomic E-state index is -0.178. The number of benzene rings is 2. The first-order valence-corrected chi connectivity index (χ1v) is 10.8. The van der Waals surface area contributed by atoms with Crippen LogP contribution in [-0.4, -0.2) is 24.6 Å². The maximum Gasteiger partial charge on any atom is 0.258 e. The molecule has 0 bridgehead atoms. The highest BCUT2D eigenvalue weighted by Gasteiger charge is 2.20. The van der Waals surface area contributed by atoms with E-state index in [2.05, 4.69) is 43.2 Å². The molecule has 30 heavy (non-hydrogen) atoms. The van der Waals surface area contributed by atoms with Gasteiger partial charge in [0.2, 0.25) is 0 Å². The van der Waals surface area contributed by atoms with Crippen LogP contribution in [0.5, 0.6) is 11.5 Å². The van der Waals surface area contributed by atoms with Crippen LogP contribution < -0.4 is 14.8 Å². The zero-order valence-electron chi connectivity index (χ0n) is 17.9. The molecular formula is C24H28N2O3S. The van der Waals surface area contributed by atoms with Crippen LogP contribution in [0.4, 0.5) is 0 Å². The Kier molecular flexibility index (Phi) is 7.11. The van der Waals surface area contributed by atoms with Crippen LogP contribution in [0.2, 0.25) is 0 Å². The Bertz CT molecular complexity index is 978. The molecule has 0 fully saturated rings. The number of rotatable bonds is 8. The lowest BCUT2D eigenvalue weighted by Crippen LogP contribution is -2.29. The molecule has 1 heterocycles. The third-order valence-corrected chi connectivity index (χ3v) is 5.52. The molecule has 1 amide bonds. The van der Waals surface area contributed by atoms with Crippen LogP contribution in [0.1, 0.15) is 42.6 Å². The number of ether oxygens (including phenoxy) is 2. The summed E-state index contributed by atoms with van der Waals surface area (Å²) in [6.45, 7) is 6.65. The monoisotopic (exact) mass is 424 g/mol. The first kappa shape index (κ1) is 21.8. The Labute approximate surface area is 182 Å². The van der Waals surface area contributed by atoms with Crippen molar-refractivity contribution in [3.63, 3.8) is 0 Å². The molecule has 0 aliphatic rings. The van der Waals surface area contributed by atoms with Crippen LogP contribution in [0.25, 0.3) is 0 Å². The summed E-state index contributed by atoms with van der Waals surface area (Å²) in [5.41, 5.74) is 2.96. The van der Waals surface area contributed by atoms with Gasteiger partial charge in [0.05, 0.1) is 24.4 Å². The Morgan fingerprint density at radius 1 is 1.13 bits per heavy atom. The van der Waals surface area contributed by atoms with Crippen LogP contribution in [0.15, 0.2) is 53.9 Å². The van der Waals surface area contributed by atoms with Crippen molar-refractivity contribution in [1.82, 2.24) is 10.3 Å². The van der Waals surface area contributed by atoms with Gasteiger partial charge in [-0.3, -0.25) is 4.79 Å². The number of nitrogens with zero attached hydrogens (tertiary/aromatic N) is 1. The molecule has 2 aromatic carbocycles. The predicted molar refractivity (Wildman–Crippen MR) is 120 cm³/mol. The standard InChI is InChI=1S/C24H28N2O3S/c1-24(2,3)20-13-19(28-4)10-11-21(20)29-15-22(27)25-14-18-16-30-23(26-18)12-17-8-6-5-7-9-17/h5-11,13,16H,12,14-15H2,1-4H3,(H,25,27). The van der Waals surface area contributed by atoms with Crippen LogP contribution in [0, 0.1) is 0 Å². The zero-order valence-corrected chi connectivity index (χ0v) is 18.7. The predicted octanol–water partition coefficient (Wildman–Crippen LogP) is 4.74. The summed E-state index contributed by atoms with van der Waals surface area (Å²) in [4.78, 5) is 16.9. The van der Waals surface area contributed by atoms with Gasteiger partial charge >= 0.3 is 0 Å². The summed E-state index contributed by atoms with van der Waals surface area (Å²) >= 11 is 1.61.